The van der Waals surface area contributed by atoms with Crippen LogP contribution in [-0.4, -0.2) is 31.2 Å². The van der Waals surface area contributed by atoms with Crippen LogP contribution in [0.25, 0.3) is 5.57 Å². The monoisotopic (exact) mass is 616 g/mol. The summed E-state index contributed by atoms with van der Waals surface area (Å²) in [6.45, 7) is 16.1. The maximum Gasteiger partial charge on any atom is 0.412 e. The molecule has 6 heteroatoms. The first-order valence-corrected chi connectivity index (χ1v) is 14.0. The van der Waals surface area contributed by atoms with Crippen molar-refractivity contribution in [2.75, 3.05) is 13.6 Å². The molecule has 2 N–H and O–H groups in total. The zero-order valence-electron chi connectivity index (χ0n) is 24.9. The molecule has 2 heterocycles. The molecule has 0 fully saturated rings. The molecule has 1 unspecified atom stereocenters. The molecule has 1 atom stereocenters. The van der Waals surface area contributed by atoms with E-state index in [9.17, 15) is 0 Å². The zero-order valence-corrected chi connectivity index (χ0v) is 27.7. The van der Waals surface area contributed by atoms with E-state index in [1.54, 1.807) is 0 Å². The van der Waals surface area contributed by atoms with Gasteiger partial charge in [-0.2, -0.15) is 0 Å². The quantitative estimate of drug-likeness (QED) is 0.396. The molecule has 1 radical (unpaired) electrons. The Morgan fingerprint density at radius 3 is 2.02 bits per heavy atom. The third-order valence-electron chi connectivity index (χ3n) is 8.25. The minimum absolute atomic E-state index is 0. The predicted molar refractivity (Wildman–Crippen MR) is 157 cm³/mol. The van der Waals surface area contributed by atoms with E-state index in [0.29, 0.717) is 18.6 Å². The molecule has 0 spiro atoms. The molecule has 0 aromatic heterocycles. The summed E-state index contributed by atoms with van der Waals surface area (Å²) in [7, 11) is 0. The Morgan fingerprint density at radius 2 is 1.40 bits per heavy atom. The maximum absolute atomic E-state index is 6.51. The Bertz CT molecular complexity index is 1450. The van der Waals surface area contributed by atoms with Gasteiger partial charge in [0.05, 0.1) is 0 Å². The minimum Gasteiger partial charge on any atom is -0.403 e. The van der Waals surface area contributed by atoms with Crippen molar-refractivity contribution in [1.82, 2.24) is 0 Å². The Labute approximate surface area is 263 Å². The standard InChI is InChI=1S/C20H22NO2.C14H19O2.Y/c1-11-8-14-4-6-17(21)16-9-19-18(22-10-23-19)7-5-15(16)20(14)13(3)12(11)2;1-9(2)11-5-6-13-14(16-8-15-13)7-12(11)10(3)4;/h5,7-9,17H,4,6,10,21H2,1-3H3;5-7,9-10H,8H2,1-4H3;/q2*+1;. The van der Waals surface area contributed by atoms with Gasteiger partial charge in [-0.3, -0.25) is 0 Å². The number of hydrogen-bond acceptors (Lipinski definition) is 3. The van der Waals surface area contributed by atoms with Gasteiger partial charge in [0.15, 0.2) is 0 Å². The van der Waals surface area contributed by atoms with Gasteiger partial charge < -0.3 is 15.2 Å². The fourth-order valence-corrected chi connectivity index (χ4v) is 5.81. The van der Waals surface area contributed by atoms with Crippen molar-refractivity contribution >= 4 is 17.1 Å². The summed E-state index contributed by atoms with van der Waals surface area (Å²) in [5, 5.41) is 0. The van der Waals surface area contributed by atoms with Gasteiger partial charge in [-0.1, -0.05) is 33.8 Å². The number of ether oxygens (including phenoxy) is 2. The van der Waals surface area contributed by atoms with Crippen molar-refractivity contribution in [2.24, 2.45) is 17.6 Å². The molecule has 1 aromatic carbocycles. The number of carbonyl (C=O) groups excluding carboxylic acids is 2. The van der Waals surface area contributed by atoms with Gasteiger partial charge in [-0.15, -0.1) is 0 Å². The van der Waals surface area contributed by atoms with Crippen LogP contribution in [-0.2, 0) is 57.5 Å². The third-order valence-corrected chi connectivity index (χ3v) is 8.25. The molecule has 6 rings (SSSR count). The normalized spacial score (nSPS) is 20.7. The van der Waals surface area contributed by atoms with Crippen LogP contribution in [0.5, 0.6) is 0 Å². The Morgan fingerprint density at radius 1 is 0.800 bits per heavy atom. The smallest absolute Gasteiger partial charge is 0.403 e. The summed E-state index contributed by atoms with van der Waals surface area (Å²) in [4.78, 5) is 0. The van der Waals surface area contributed by atoms with Crippen LogP contribution in [0, 0.1) is 32.6 Å². The largest absolute Gasteiger partial charge is 0.412 e. The van der Waals surface area contributed by atoms with Gasteiger partial charge in [0.1, 0.15) is 0 Å². The fraction of sp³-hybridized carbons (Fsp3) is 0.412. The van der Waals surface area contributed by atoms with Crippen LogP contribution in [0.2, 0.25) is 0 Å². The van der Waals surface area contributed by atoms with E-state index < -0.39 is 0 Å². The first kappa shape index (κ1) is 30.6. The number of nitrogens with two attached hydrogens (primary N) is 1. The molecular weight excluding hydrogens is 575 g/mol. The summed E-state index contributed by atoms with van der Waals surface area (Å²) >= 11 is 0. The number of benzene rings is 1. The van der Waals surface area contributed by atoms with Crippen molar-refractivity contribution in [3.63, 3.8) is 0 Å². The van der Waals surface area contributed by atoms with Gasteiger partial charge >= 0.3 is 25.2 Å². The minimum atomic E-state index is 0. The molecule has 0 bridgehead atoms. The maximum atomic E-state index is 6.51. The Hall–Kier alpha value is -2.34. The van der Waals surface area contributed by atoms with Crippen LogP contribution in [0.1, 0.15) is 61.9 Å². The molecular formula is C34H41NO4Y+2. The molecule has 3 aliphatic carbocycles. The van der Waals surface area contributed by atoms with Crippen molar-refractivity contribution < 1.29 is 51.0 Å². The van der Waals surface area contributed by atoms with Crippen molar-refractivity contribution in [2.45, 2.75) is 67.3 Å². The summed E-state index contributed by atoms with van der Waals surface area (Å²) in [5.74, 6) is 4.34. The van der Waals surface area contributed by atoms with E-state index in [2.05, 4.69) is 78.8 Å². The second kappa shape index (κ2) is 12.7. The molecule has 0 saturated carbocycles. The molecule has 0 amide bonds. The summed E-state index contributed by atoms with van der Waals surface area (Å²) in [5.41, 5.74) is 18.4. The number of fused-ring (bicyclic) bond motifs is 4. The number of rotatable bonds is 2. The second-order valence-corrected chi connectivity index (χ2v) is 11.4. The molecule has 5 aliphatic rings. The topological polar surface area (TPSA) is 67.1 Å². The average Bonchev–Trinajstić information content (AvgIpc) is 3.41. The van der Waals surface area contributed by atoms with Gasteiger partial charge in [-0.05, 0) is 120 Å². The number of aryl methyl sites for hydroxylation is 2. The predicted octanol–water partition coefficient (Wildman–Crippen LogP) is 6.32. The van der Waals surface area contributed by atoms with E-state index >= 15 is 0 Å². The molecule has 1 aromatic rings. The van der Waals surface area contributed by atoms with E-state index in [1.165, 1.54) is 44.5 Å². The fourth-order valence-electron chi connectivity index (χ4n) is 5.81. The van der Waals surface area contributed by atoms with Crippen LogP contribution >= 0.6 is 0 Å². The van der Waals surface area contributed by atoms with Crippen LogP contribution in [0.15, 0.2) is 70.8 Å². The SMILES string of the molecule is CC(C)C1=C(C(C)C)C=C2OC[O+]=C2C=C1.Cc1cc2c(c(C)c1C)C1=C(C=C3OC[O+]=C3C=C1)C(N)CC2.[Y]. The van der Waals surface area contributed by atoms with E-state index in [0.717, 1.165) is 41.5 Å². The second-order valence-electron chi connectivity index (χ2n) is 11.4. The van der Waals surface area contributed by atoms with Gasteiger partial charge in [0, 0.05) is 50.9 Å². The number of hydrogen-bond donors (Lipinski definition) is 1. The zero-order chi connectivity index (χ0) is 27.8. The molecule has 0 saturated heterocycles. The van der Waals surface area contributed by atoms with Gasteiger partial charge in [0.2, 0.25) is 11.5 Å². The Kier molecular flexibility index (Phi) is 9.70. The van der Waals surface area contributed by atoms with Crippen molar-refractivity contribution in [3.8, 4) is 0 Å². The van der Waals surface area contributed by atoms with E-state index in [1.807, 2.05) is 12.2 Å². The van der Waals surface area contributed by atoms with Crippen LogP contribution < -0.4 is 5.73 Å². The summed E-state index contributed by atoms with van der Waals surface area (Å²) in [6.07, 6.45) is 14.5. The van der Waals surface area contributed by atoms with E-state index in [4.69, 9.17) is 24.1 Å². The number of allylic oxidation sites excluding steroid dienone is 8. The van der Waals surface area contributed by atoms with Crippen LogP contribution in [0.4, 0.5) is 0 Å². The first-order valence-electron chi connectivity index (χ1n) is 14.0. The average molecular weight is 617 g/mol. The van der Waals surface area contributed by atoms with E-state index in [-0.39, 0.29) is 45.5 Å². The number of ketones is 2. The summed E-state index contributed by atoms with van der Waals surface area (Å²) in [6, 6.07) is 2.34. The third kappa shape index (κ3) is 5.98. The van der Waals surface area contributed by atoms with Crippen molar-refractivity contribution in [1.29, 1.82) is 0 Å². The first-order chi connectivity index (χ1) is 18.7. The van der Waals surface area contributed by atoms with Crippen LogP contribution in [0.3, 0.4) is 0 Å². The summed E-state index contributed by atoms with van der Waals surface area (Å²) < 4.78 is 22.0. The molecule has 40 heavy (non-hydrogen) atoms. The molecule has 5 nitrogen and oxygen atoms in total. The Balaban J connectivity index is 0.000000192. The molecule has 207 valence electrons. The van der Waals surface area contributed by atoms with Crippen molar-refractivity contribution in [3.05, 3.63) is 98.6 Å². The van der Waals surface area contributed by atoms with Gasteiger partial charge in [-0.25, -0.2) is 8.85 Å². The van der Waals surface area contributed by atoms with Gasteiger partial charge in [0.25, 0.3) is 0 Å². The molecule has 2 aliphatic heterocycles.